The molecule has 2 aliphatic heterocycles. The number of ether oxygens (including phenoxy) is 2. The molecule has 3 heterocycles. The van der Waals surface area contributed by atoms with E-state index in [0.717, 1.165) is 56.5 Å². The fourth-order valence-electron chi connectivity index (χ4n) is 2.68. The molecule has 6 nitrogen and oxygen atoms in total. The van der Waals surface area contributed by atoms with Gasteiger partial charge < -0.3 is 9.47 Å². The van der Waals surface area contributed by atoms with Gasteiger partial charge in [0.25, 0.3) is 0 Å². The van der Waals surface area contributed by atoms with Gasteiger partial charge in [-0.05, 0) is 0 Å². The van der Waals surface area contributed by atoms with Gasteiger partial charge in [-0.2, -0.15) is 5.26 Å². The highest BCUT2D eigenvalue weighted by Crippen LogP contribution is 2.29. The van der Waals surface area contributed by atoms with Gasteiger partial charge in [0, 0.05) is 51.8 Å². The maximum absolute atomic E-state index is 8.62. The van der Waals surface area contributed by atoms with Crippen molar-refractivity contribution in [1.82, 2.24) is 14.8 Å². The lowest BCUT2D eigenvalue weighted by Crippen LogP contribution is -2.46. The first-order valence-corrected chi connectivity index (χ1v) is 7.41. The van der Waals surface area contributed by atoms with Crippen molar-refractivity contribution in [2.75, 3.05) is 45.9 Å². The summed E-state index contributed by atoms with van der Waals surface area (Å²) < 4.78 is 11.1. The molecule has 1 aromatic rings. The molecular weight excluding hydrogens is 268 g/mol. The molecule has 0 spiro atoms. The van der Waals surface area contributed by atoms with E-state index >= 15 is 0 Å². The molecule has 1 saturated heterocycles. The lowest BCUT2D eigenvalue weighted by molar-refractivity contribution is 0.127. The highest BCUT2D eigenvalue weighted by atomic mass is 16.6. The summed E-state index contributed by atoms with van der Waals surface area (Å²) in [5.74, 6) is 1.55. The van der Waals surface area contributed by atoms with Crippen molar-refractivity contribution in [3.8, 4) is 17.6 Å². The van der Waals surface area contributed by atoms with E-state index in [1.165, 1.54) is 0 Å². The third-order valence-corrected chi connectivity index (χ3v) is 3.88. The third kappa shape index (κ3) is 3.63. The van der Waals surface area contributed by atoms with Crippen molar-refractivity contribution in [2.24, 2.45) is 0 Å². The first-order valence-electron chi connectivity index (χ1n) is 7.41. The Morgan fingerprint density at radius 1 is 1.10 bits per heavy atom. The van der Waals surface area contributed by atoms with Crippen LogP contribution in [0.15, 0.2) is 12.3 Å². The van der Waals surface area contributed by atoms with E-state index in [1.54, 1.807) is 6.20 Å². The first kappa shape index (κ1) is 14.1. The Kier molecular flexibility index (Phi) is 4.53. The number of hydrogen-bond donors (Lipinski definition) is 0. The van der Waals surface area contributed by atoms with Gasteiger partial charge in [-0.3, -0.25) is 14.8 Å². The molecule has 0 radical (unpaired) electrons. The van der Waals surface area contributed by atoms with Crippen molar-refractivity contribution < 1.29 is 9.47 Å². The molecule has 0 unspecified atom stereocenters. The van der Waals surface area contributed by atoms with E-state index in [2.05, 4.69) is 20.9 Å². The van der Waals surface area contributed by atoms with E-state index in [1.807, 2.05) is 6.07 Å². The lowest BCUT2D eigenvalue weighted by atomic mass is 10.2. The summed E-state index contributed by atoms with van der Waals surface area (Å²) in [6.07, 6.45) is 2.37. The van der Waals surface area contributed by atoms with E-state index in [9.17, 15) is 0 Å². The predicted octanol–water partition coefficient (Wildman–Crippen LogP) is 0.884. The van der Waals surface area contributed by atoms with Crippen LogP contribution in [0, 0.1) is 11.3 Å². The number of rotatable bonds is 4. The molecule has 6 heteroatoms. The van der Waals surface area contributed by atoms with Gasteiger partial charge in [0.2, 0.25) is 0 Å². The number of pyridine rings is 1. The number of nitriles is 1. The Labute approximate surface area is 124 Å². The maximum atomic E-state index is 8.62. The van der Waals surface area contributed by atoms with Crippen molar-refractivity contribution in [2.45, 2.75) is 13.0 Å². The van der Waals surface area contributed by atoms with E-state index in [0.29, 0.717) is 19.6 Å². The predicted molar refractivity (Wildman–Crippen MR) is 77.2 cm³/mol. The molecule has 0 aliphatic carbocycles. The van der Waals surface area contributed by atoms with E-state index in [4.69, 9.17) is 14.7 Å². The van der Waals surface area contributed by atoms with Crippen LogP contribution in [-0.4, -0.2) is 60.7 Å². The Hall–Kier alpha value is -1.84. The Bertz CT molecular complexity index is 521. The van der Waals surface area contributed by atoms with E-state index in [-0.39, 0.29) is 0 Å². The van der Waals surface area contributed by atoms with Crippen LogP contribution in [0.25, 0.3) is 0 Å². The molecule has 0 N–H and O–H groups in total. The highest BCUT2D eigenvalue weighted by Gasteiger charge is 2.18. The molecule has 112 valence electrons. The zero-order valence-electron chi connectivity index (χ0n) is 12.1. The molecule has 0 bridgehead atoms. The maximum Gasteiger partial charge on any atom is 0.179 e. The highest BCUT2D eigenvalue weighted by molar-refractivity contribution is 5.39. The van der Waals surface area contributed by atoms with Crippen molar-refractivity contribution in [3.63, 3.8) is 0 Å². The standard InChI is InChI=1S/C15H20N4O2/c16-2-1-3-18-4-6-19(7-5-18)12-13-10-14-15(11-17-13)21-9-8-20-14/h10-11H,1,3-9,12H2. The topological polar surface area (TPSA) is 61.6 Å². The van der Waals surface area contributed by atoms with E-state index < -0.39 is 0 Å². The van der Waals surface area contributed by atoms with Crippen molar-refractivity contribution in [3.05, 3.63) is 18.0 Å². The summed E-state index contributed by atoms with van der Waals surface area (Å²) in [7, 11) is 0. The number of fused-ring (bicyclic) bond motifs is 1. The molecule has 1 aromatic heterocycles. The molecule has 0 atom stereocenters. The zero-order valence-corrected chi connectivity index (χ0v) is 12.1. The van der Waals surface area contributed by atoms with Gasteiger partial charge in [0.15, 0.2) is 11.5 Å². The molecule has 21 heavy (non-hydrogen) atoms. The van der Waals surface area contributed by atoms with Crippen LogP contribution in [0.4, 0.5) is 0 Å². The van der Waals surface area contributed by atoms with Crippen LogP contribution in [0.5, 0.6) is 11.5 Å². The van der Waals surface area contributed by atoms with Crippen LogP contribution < -0.4 is 9.47 Å². The second-order valence-electron chi connectivity index (χ2n) is 5.35. The number of aromatic nitrogens is 1. The first-order chi connectivity index (χ1) is 10.3. The average Bonchev–Trinajstić information content (AvgIpc) is 2.54. The monoisotopic (exact) mass is 288 g/mol. The largest absolute Gasteiger partial charge is 0.486 e. The van der Waals surface area contributed by atoms with Gasteiger partial charge in [0.05, 0.1) is 18.0 Å². The Morgan fingerprint density at radius 2 is 1.81 bits per heavy atom. The number of hydrogen-bond acceptors (Lipinski definition) is 6. The van der Waals surface area contributed by atoms with Crippen LogP contribution in [0.1, 0.15) is 12.1 Å². The fraction of sp³-hybridized carbons (Fsp3) is 0.600. The smallest absolute Gasteiger partial charge is 0.179 e. The van der Waals surface area contributed by atoms with Crippen LogP contribution in [0.2, 0.25) is 0 Å². The molecule has 0 amide bonds. The normalized spacial score (nSPS) is 19.2. The molecule has 0 saturated carbocycles. The Balaban J connectivity index is 1.52. The van der Waals surface area contributed by atoms with Crippen molar-refractivity contribution >= 4 is 0 Å². The summed E-state index contributed by atoms with van der Waals surface area (Å²) in [4.78, 5) is 9.19. The molecule has 3 rings (SSSR count). The minimum Gasteiger partial charge on any atom is -0.486 e. The SMILES string of the molecule is N#CCCN1CCN(Cc2cc3c(cn2)OCCO3)CC1. The van der Waals surface area contributed by atoms with Gasteiger partial charge in [-0.15, -0.1) is 0 Å². The van der Waals surface area contributed by atoms with Crippen molar-refractivity contribution in [1.29, 1.82) is 5.26 Å². The minimum atomic E-state index is 0.596. The van der Waals surface area contributed by atoms with Gasteiger partial charge in [0.1, 0.15) is 13.2 Å². The third-order valence-electron chi connectivity index (χ3n) is 3.88. The molecule has 2 aliphatic rings. The van der Waals surface area contributed by atoms with Crippen LogP contribution in [0.3, 0.4) is 0 Å². The van der Waals surface area contributed by atoms with Crippen LogP contribution >= 0.6 is 0 Å². The zero-order chi connectivity index (χ0) is 14.5. The molecular formula is C15H20N4O2. The van der Waals surface area contributed by atoms with Crippen LogP contribution in [-0.2, 0) is 6.54 Å². The molecule has 0 aromatic carbocycles. The summed E-state index contributed by atoms with van der Waals surface area (Å²) in [5.41, 5.74) is 1.02. The molecule has 1 fully saturated rings. The Morgan fingerprint density at radius 3 is 2.57 bits per heavy atom. The minimum absolute atomic E-state index is 0.596. The average molecular weight is 288 g/mol. The summed E-state index contributed by atoms with van der Waals surface area (Å²) in [6, 6.07) is 4.19. The second kappa shape index (κ2) is 6.74. The lowest BCUT2D eigenvalue weighted by Gasteiger charge is -2.34. The summed E-state index contributed by atoms with van der Waals surface area (Å²) in [5, 5.41) is 8.62. The van der Waals surface area contributed by atoms with Gasteiger partial charge >= 0.3 is 0 Å². The van der Waals surface area contributed by atoms with Gasteiger partial charge in [-0.25, -0.2) is 0 Å². The van der Waals surface area contributed by atoms with Gasteiger partial charge in [-0.1, -0.05) is 0 Å². The fourth-order valence-corrected chi connectivity index (χ4v) is 2.68. The summed E-state index contributed by atoms with van der Waals surface area (Å²) in [6.45, 7) is 6.99. The summed E-state index contributed by atoms with van der Waals surface area (Å²) >= 11 is 0. The second-order valence-corrected chi connectivity index (χ2v) is 5.35. The number of nitrogens with zero attached hydrogens (tertiary/aromatic N) is 4. The number of piperazine rings is 1. The quantitative estimate of drug-likeness (QED) is 0.820.